The Kier molecular flexibility index (Phi) is 8.56. The number of aliphatic hydroxyl groups excluding tert-OH is 1. The zero-order valence-corrected chi connectivity index (χ0v) is 25.0. The lowest BCUT2D eigenvalue weighted by molar-refractivity contribution is -0.153. The van der Waals surface area contributed by atoms with Crippen LogP contribution in [-0.2, 0) is 19.1 Å². The third kappa shape index (κ3) is 4.39. The number of benzene rings is 1. The Bertz CT molecular complexity index is 1190. The van der Waals surface area contributed by atoms with Gasteiger partial charge in [-0.15, -0.1) is 13.2 Å². The second kappa shape index (κ2) is 11.3. The number of anilines is 1. The number of likely N-dealkylation sites (tertiary alicyclic amines) is 1. The summed E-state index contributed by atoms with van der Waals surface area (Å²) >= 11 is 6.62. The van der Waals surface area contributed by atoms with Crippen molar-refractivity contribution in [2.24, 2.45) is 17.8 Å². The van der Waals surface area contributed by atoms with Gasteiger partial charge < -0.3 is 24.5 Å². The van der Waals surface area contributed by atoms with E-state index in [1.54, 1.807) is 34.9 Å². The van der Waals surface area contributed by atoms with Crippen LogP contribution >= 0.6 is 11.6 Å². The average molecular weight is 572 g/mol. The molecule has 40 heavy (non-hydrogen) atoms. The maximum absolute atomic E-state index is 14.7. The van der Waals surface area contributed by atoms with E-state index in [9.17, 15) is 19.5 Å². The van der Waals surface area contributed by atoms with Gasteiger partial charge in [-0.25, -0.2) is 0 Å². The van der Waals surface area contributed by atoms with Gasteiger partial charge >= 0.3 is 0 Å². The van der Waals surface area contributed by atoms with E-state index in [1.807, 2.05) is 39.8 Å². The van der Waals surface area contributed by atoms with E-state index >= 15 is 0 Å². The molecule has 8 nitrogen and oxygen atoms in total. The Labute approximate surface area is 242 Å². The highest BCUT2D eigenvalue weighted by atomic mass is 35.5. The molecule has 1 N–H and O–H groups in total. The summed E-state index contributed by atoms with van der Waals surface area (Å²) in [5, 5.41) is 10.6. The number of nitrogens with zero attached hydrogens (tertiary/aromatic N) is 3. The number of halogens is 1. The Morgan fingerprint density at radius 1 is 1.27 bits per heavy atom. The van der Waals surface area contributed by atoms with Crippen molar-refractivity contribution >= 4 is 35.0 Å². The monoisotopic (exact) mass is 571 g/mol. The first-order chi connectivity index (χ1) is 18.9. The van der Waals surface area contributed by atoms with Gasteiger partial charge in [-0.3, -0.25) is 14.4 Å². The van der Waals surface area contributed by atoms with E-state index in [2.05, 4.69) is 13.2 Å². The quantitative estimate of drug-likeness (QED) is 0.406. The van der Waals surface area contributed by atoms with Gasteiger partial charge in [0.2, 0.25) is 11.8 Å². The van der Waals surface area contributed by atoms with Gasteiger partial charge in [0.15, 0.2) is 0 Å². The van der Waals surface area contributed by atoms with Crippen molar-refractivity contribution in [2.75, 3.05) is 31.1 Å². The molecule has 0 radical (unpaired) electrons. The highest BCUT2D eigenvalue weighted by Crippen LogP contribution is 2.66. The molecule has 3 unspecified atom stereocenters. The summed E-state index contributed by atoms with van der Waals surface area (Å²) in [6, 6.07) is 3.69. The Hall–Kier alpha value is -2.68. The number of fused-ring (bicyclic) bond motifs is 1. The number of rotatable bonds is 11. The van der Waals surface area contributed by atoms with E-state index < -0.39 is 35.1 Å². The molecule has 1 aromatic rings. The lowest BCUT2D eigenvalue weighted by Gasteiger charge is -2.39. The van der Waals surface area contributed by atoms with E-state index in [4.69, 9.17) is 16.3 Å². The number of carbonyl (C=O) groups is 3. The fraction of sp³-hybridized carbons (Fsp3) is 0.581. The van der Waals surface area contributed by atoms with E-state index in [1.165, 1.54) is 4.90 Å². The molecule has 9 heteroatoms. The first kappa shape index (κ1) is 30.3. The summed E-state index contributed by atoms with van der Waals surface area (Å²) in [7, 11) is 0. The standard InChI is InChI=1S/C31H42ClN3O5/c1-8-14-33(15-9-2)27(37)23-24-28(38)35(21(6)18-36)26(31(24)17-20(5)30(23,7)40-31)29(39)34(16-10-3)25-19(4)12-11-13-22(25)32/h8,10-13,20-21,23-24,26,36H,1,3,9,14-18H2,2,4-7H3/t20?,21-,23-,24+,26?,30+,31?/m1/s1. The Morgan fingerprint density at radius 3 is 2.52 bits per heavy atom. The van der Waals surface area contributed by atoms with Gasteiger partial charge in [0.05, 0.1) is 40.8 Å². The maximum Gasteiger partial charge on any atom is 0.253 e. The molecule has 3 aliphatic heterocycles. The minimum absolute atomic E-state index is 0.0905. The minimum Gasteiger partial charge on any atom is -0.394 e. The summed E-state index contributed by atoms with van der Waals surface area (Å²) in [6.07, 6.45) is 4.50. The lowest BCUT2D eigenvalue weighted by Crippen LogP contribution is -2.59. The topological polar surface area (TPSA) is 90.4 Å². The maximum atomic E-state index is 14.7. The second-order valence-electron chi connectivity index (χ2n) is 11.7. The summed E-state index contributed by atoms with van der Waals surface area (Å²) in [5.41, 5.74) is -0.821. The molecule has 7 atom stereocenters. The highest BCUT2D eigenvalue weighted by Gasteiger charge is 2.80. The number of aliphatic hydroxyl groups is 1. The van der Waals surface area contributed by atoms with Crippen LogP contribution in [0.4, 0.5) is 5.69 Å². The number of amides is 3. The molecule has 0 aromatic heterocycles. The Morgan fingerprint density at radius 2 is 1.95 bits per heavy atom. The van der Waals surface area contributed by atoms with Crippen molar-refractivity contribution in [3.63, 3.8) is 0 Å². The molecule has 3 amide bonds. The fourth-order valence-corrected chi connectivity index (χ4v) is 7.67. The van der Waals surface area contributed by atoms with Crippen molar-refractivity contribution < 1.29 is 24.2 Å². The van der Waals surface area contributed by atoms with Gasteiger partial charge in [-0.2, -0.15) is 0 Å². The SMILES string of the molecule is C=CCN(CCC)C(=O)[C@H]1[C@H]2C(=O)N([C@H](C)CO)C(C(=O)N(CC=C)c3c(C)cccc3Cl)C23CC(C)[C@]1(C)O3. The van der Waals surface area contributed by atoms with Crippen molar-refractivity contribution in [1.82, 2.24) is 9.80 Å². The molecular weight excluding hydrogens is 530 g/mol. The van der Waals surface area contributed by atoms with Crippen molar-refractivity contribution in [3.8, 4) is 0 Å². The smallest absolute Gasteiger partial charge is 0.253 e. The predicted octanol–water partition coefficient (Wildman–Crippen LogP) is 3.98. The molecule has 1 spiro atoms. The summed E-state index contributed by atoms with van der Waals surface area (Å²) < 4.78 is 6.85. The number of hydrogen-bond donors (Lipinski definition) is 1. The molecule has 218 valence electrons. The molecule has 4 rings (SSSR count). The van der Waals surface area contributed by atoms with Crippen LogP contribution in [0, 0.1) is 24.7 Å². The minimum atomic E-state index is -1.23. The highest BCUT2D eigenvalue weighted by molar-refractivity contribution is 6.34. The van der Waals surface area contributed by atoms with E-state index in [0.29, 0.717) is 30.2 Å². The third-order valence-electron chi connectivity index (χ3n) is 9.18. The number of para-hydroxylation sites is 1. The molecule has 3 aliphatic rings. The molecule has 3 heterocycles. The zero-order chi connectivity index (χ0) is 29.6. The van der Waals surface area contributed by atoms with Crippen LogP contribution in [0.2, 0.25) is 5.02 Å². The van der Waals surface area contributed by atoms with Crippen LogP contribution in [0.1, 0.15) is 46.1 Å². The largest absolute Gasteiger partial charge is 0.394 e. The normalized spacial score (nSPS) is 31.2. The first-order valence-corrected chi connectivity index (χ1v) is 14.5. The molecule has 0 saturated carbocycles. The molecule has 3 saturated heterocycles. The number of ether oxygens (including phenoxy) is 1. The predicted molar refractivity (Wildman–Crippen MR) is 156 cm³/mol. The second-order valence-corrected chi connectivity index (χ2v) is 12.1. The summed E-state index contributed by atoms with van der Waals surface area (Å²) in [5.74, 6) is -2.58. The van der Waals surface area contributed by atoms with Crippen molar-refractivity contribution in [3.05, 3.63) is 54.1 Å². The molecular formula is C31H42ClN3O5. The van der Waals surface area contributed by atoms with Gasteiger partial charge in [-0.05, 0) is 51.2 Å². The van der Waals surface area contributed by atoms with Crippen LogP contribution in [0.15, 0.2) is 43.5 Å². The number of hydrogen-bond acceptors (Lipinski definition) is 5. The van der Waals surface area contributed by atoms with Crippen LogP contribution in [0.25, 0.3) is 0 Å². The molecule has 2 bridgehead atoms. The van der Waals surface area contributed by atoms with Crippen LogP contribution in [-0.4, -0.2) is 82.2 Å². The third-order valence-corrected chi connectivity index (χ3v) is 9.49. The zero-order valence-electron chi connectivity index (χ0n) is 24.2. The number of carbonyl (C=O) groups excluding carboxylic acids is 3. The van der Waals surface area contributed by atoms with Gasteiger partial charge in [0, 0.05) is 19.6 Å². The van der Waals surface area contributed by atoms with Crippen molar-refractivity contribution in [1.29, 1.82) is 0 Å². The average Bonchev–Trinajstić information content (AvgIpc) is 3.43. The van der Waals surface area contributed by atoms with Crippen LogP contribution < -0.4 is 4.90 Å². The fourth-order valence-electron chi connectivity index (χ4n) is 7.34. The summed E-state index contributed by atoms with van der Waals surface area (Å²) in [6.45, 7) is 17.9. The van der Waals surface area contributed by atoms with Crippen molar-refractivity contribution in [2.45, 2.75) is 70.7 Å². The van der Waals surface area contributed by atoms with Gasteiger partial charge in [0.25, 0.3) is 5.91 Å². The van der Waals surface area contributed by atoms with E-state index in [0.717, 1.165) is 12.0 Å². The first-order valence-electron chi connectivity index (χ1n) is 14.1. The number of aryl methyl sites for hydroxylation is 1. The molecule has 1 aromatic carbocycles. The molecule has 0 aliphatic carbocycles. The summed E-state index contributed by atoms with van der Waals surface area (Å²) in [4.78, 5) is 48.0. The lowest BCUT2D eigenvalue weighted by atomic mass is 9.62. The van der Waals surface area contributed by atoms with Crippen LogP contribution in [0.5, 0.6) is 0 Å². The van der Waals surface area contributed by atoms with Gasteiger partial charge in [-0.1, -0.05) is 49.7 Å². The Balaban J connectivity index is 1.89. The van der Waals surface area contributed by atoms with Crippen LogP contribution in [0.3, 0.4) is 0 Å². The molecule has 3 fully saturated rings. The van der Waals surface area contributed by atoms with E-state index in [-0.39, 0.29) is 36.8 Å². The van der Waals surface area contributed by atoms with Gasteiger partial charge in [0.1, 0.15) is 11.6 Å².